The SMILES string of the molecule is OCC(COc1ccccc1F)C1CCSC1. The van der Waals surface area contributed by atoms with Gasteiger partial charge in [0.25, 0.3) is 0 Å². The molecule has 2 unspecified atom stereocenters. The Morgan fingerprint density at radius 2 is 2.29 bits per heavy atom. The fourth-order valence-corrected chi connectivity index (χ4v) is 3.40. The molecule has 1 aromatic rings. The first-order chi connectivity index (χ1) is 8.31. The lowest BCUT2D eigenvalue weighted by Gasteiger charge is -2.21. The van der Waals surface area contributed by atoms with Gasteiger partial charge in [-0.3, -0.25) is 0 Å². The van der Waals surface area contributed by atoms with Crippen molar-refractivity contribution < 1.29 is 14.2 Å². The van der Waals surface area contributed by atoms with Crippen LogP contribution in [0.25, 0.3) is 0 Å². The summed E-state index contributed by atoms with van der Waals surface area (Å²) in [6, 6.07) is 6.39. The molecule has 94 valence electrons. The number of thioether (sulfide) groups is 1. The second-order valence-corrected chi connectivity index (χ2v) is 5.46. The highest BCUT2D eigenvalue weighted by Gasteiger charge is 2.25. The number of aliphatic hydroxyl groups excluding tert-OH is 1. The number of ether oxygens (including phenoxy) is 1. The van der Waals surface area contributed by atoms with Crippen LogP contribution in [0, 0.1) is 17.7 Å². The Morgan fingerprint density at radius 1 is 1.47 bits per heavy atom. The summed E-state index contributed by atoms with van der Waals surface area (Å²) in [5, 5.41) is 9.35. The molecular formula is C13H17FO2S. The van der Waals surface area contributed by atoms with E-state index in [1.807, 2.05) is 11.8 Å². The number of hydrogen-bond donors (Lipinski definition) is 1. The van der Waals surface area contributed by atoms with Crippen molar-refractivity contribution in [3.8, 4) is 5.75 Å². The molecule has 0 aliphatic carbocycles. The van der Waals surface area contributed by atoms with Gasteiger partial charge < -0.3 is 9.84 Å². The van der Waals surface area contributed by atoms with Crippen LogP contribution in [0.4, 0.5) is 4.39 Å². The van der Waals surface area contributed by atoms with Crippen LogP contribution in [-0.2, 0) is 0 Å². The van der Waals surface area contributed by atoms with Crippen LogP contribution in [0.15, 0.2) is 24.3 Å². The zero-order valence-corrected chi connectivity index (χ0v) is 10.5. The molecule has 2 atom stereocenters. The van der Waals surface area contributed by atoms with Crippen LogP contribution in [-0.4, -0.2) is 29.8 Å². The first-order valence-electron chi connectivity index (χ1n) is 5.87. The summed E-state index contributed by atoms with van der Waals surface area (Å²) in [6.45, 7) is 0.502. The molecule has 2 nitrogen and oxygen atoms in total. The van der Waals surface area contributed by atoms with Crippen LogP contribution in [0.3, 0.4) is 0 Å². The number of para-hydroxylation sites is 1. The van der Waals surface area contributed by atoms with E-state index >= 15 is 0 Å². The van der Waals surface area contributed by atoms with E-state index < -0.39 is 0 Å². The zero-order valence-electron chi connectivity index (χ0n) is 9.64. The Morgan fingerprint density at radius 3 is 2.94 bits per heavy atom. The summed E-state index contributed by atoms with van der Waals surface area (Å²) < 4.78 is 18.8. The quantitative estimate of drug-likeness (QED) is 0.878. The lowest BCUT2D eigenvalue weighted by atomic mass is 9.93. The van der Waals surface area contributed by atoms with Gasteiger partial charge in [-0.25, -0.2) is 4.39 Å². The molecular weight excluding hydrogens is 239 g/mol. The Hall–Kier alpha value is -0.740. The van der Waals surface area contributed by atoms with E-state index in [0.717, 1.165) is 17.9 Å². The van der Waals surface area contributed by atoms with E-state index in [1.54, 1.807) is 18.2 Å². The van der Waals surface area contributed by atoms with Gasteiger partial charge in [0.15, 0.2) is 11.6 Å². The van der Waals surface area contributed by atoms with Gasteiger partial charge in [0.05, 0.1) is 6.61 Å². The van der Waals surface area contributed by atoms with E-state index in [9.17, 15) is 9.50 Å². The van der Waals surface area contributed by atoms with Crippen molar-refractivity contribution in [3.63, 3.8) is 0 Å². The molecule has 0 aromatic heterocycles. The second kappa shape index (κ2) is 6.26. The van der Waals surface area contributed by atoms with Gasteiger partial charge in [0.1, 0.15) is 0 Å². The van der Waals surface area contributed by atoms with Crippen LogP contribution in [0.1, 0.15) is 6.42 Å². The van der Waals surface area contributed by atoms with Gasteiger partial charge in [-0.2, -0.15) is 11.8 Å². The first-order valence-corrected chi connectivity index (χ1v) is 7.02. The molecule has 1 aliphatic heterocycles. The molecule has 1 N–H and O–H groups in total. The Balaban J connectivity index is 1.89. The molecule has 0 bridgehead atoms. The monoisotopic (exact) mass is 256 g/mol. The number of rotatable bonds is 5. The summed E-state index contributed by atoms with van der Waals surface area (Å²) in [5.41, 5.74) is 0. The van der Waals surface area contributed by atoms with Crippen molar-refractivity contribution in [2.75, 3.05) is 24.7 Å². The van der Waals surface area contributed by atoms with Crippen molar-refractivity contribution in [3.05, 3.63) is 30.1 Å². The minimum Gasteiger partial charge on any atom is -0.490 e. The standard InChI is InChI=1S/C13H17FO2S/c14-12-3-1-2-4-13(12)16-8-11(7-15)10-5-6-17-9-10/h1-4,10-11,15H,5-9H2. The van der Waals surface area contributed by atoms with E-state index in [2.05, 4.69) is 0 Å². The number of halogens is 1. The second-order valence-electron chi connectivity index (χ2n) is 4.31. The third kappa shape index (κ3) is 3.36. The van der Waals surface area contributed by atoms with Crippen molar-refractivity contribution in [2.45, 2.75) is 6.42 Å². The van der Waals surface area contributed by atoms with E-state index in [4.69, 9.17) is 4.74 Å². The molecule has 1 saturated heterocycles. The predicted molar refractivity (Wildman–Crippen MR) is 67.9 cm³/mol. The molecule has 1 aliphatic rings. The van der Waals surface area contributed by atoms with Crippen LogP contribution < -0.4 is 4.74 Å². The summed E-state index contributed by atoms with van der Waals surface area (Å²) in [6.07, 6.45) is 1.12. The average Bonchev–Trinajstić information content (AvgIpc) is 2.86. The molecule has 4 heteroatoms. The van der Waals surface area contributed by atoms with Crippen LogP contribution in [0.2, 0.25) is 0 Å². The van der Waals surface area contributed by atoms with Crippen molar-refractivity contribution in [1.29, 1.82) is 0 Å². The van der Waals surface area contributed by atoms with E-state index in [0.29, 0.717) is 12.5 Å². The highest BCUT2D eigenvalue weighted by atomic mass is 32.2. The van der Waals surface area contributed by atoms with Crippen molar-refractivity contribution in [2.24, 2.45) is 11.8 Å². The number of benzene rings is 1. The molecule has 0 amide bonds. The summed E-state index contributed by atoms with van der Waals surface area (Å²) in [7, 11) is 0. The Labute approximate surface area is 105 Å². The fraction of sp³-hybridized carbons (Fsp3) is 0.538. The Kier molecular flexibility index (Phi) is 4.68. The van der Waals surface area contributed by atoms with Gasteiger partial charge in [-0.1, -0.05) is 12.1 Å². The highest BCUT2D eigenvalue weighted by Crippen LogP contribution is 2.30. The first kappa shape index (κ1) is 12.7. The zero-order chi connectivity index (χ0) is 12.1. The van der Waals surface area contributed by atoms with Gasteiger partial charge in [0, 0.05) is 12.5 Å². The van der Waals surface area contributed by atoms with Crippen LogP contribution >= 0.6 is 11.8 Å². The van der Waals surface area contributed by atoms with E-state index in [1.165, 1.54) is 6.07 Å². The van der Waals surface area contributed by atoms with Gasteiger partial charge in [0.2, 0.25) is 0 Å². The van der Waals surface area contributed by atoms with Crippen LogP contribution in [0.5, 0.6) is 5.75 Å². The molecule has 17 heavy (non-hydrogen) atoms. The van der Waals surface area contributed by atoms with Gasteiger partial charge in [-0.05, 0) is 36.0 Å². The maximum atomic E-state index is 13.3. The largest absolute Gasteiger partial charge is 0.490 e. The predicted octanol–water partition coefficient (Wildman–Crippen LogP) is 2.57. The van der Waals surface area contributed by atoms with Crippen molar-refractivity contribution >= 4 is 11.8 Å². The average molecular weight is 256 g/mol. The minimum atomic E-state index is -0.343. The molecule has 0 radical (unpaired) electrons. The summed E-state index contributed by atoms with van der Waals surface area (Å²) in [5.74, 6) is 2.77. The lowest BCUT2D eigenvalue weighted by Crippen LogP contribution is -2.25. The normalized spacial score (nSPS) is 21.4. The number of aliphatic hydroxyl groups is 1. The molecule has 1 fully saturated rings. The fourth-order valence-electron chi connectivity index (χ4n) is 2.02. The third-order valence-electron chi connectivity index (χ3n) is 3.16. The maximum Gasteiger partial charge on any atom is 0.165 e. The minimum absolute atomic E-state index is 0.111. The molecule has 1 aromatic carbocycles. The highest BCUT2D eigenvalue weighted by molar-refractivity contribution is 7.99. The molecule has 1 heterocycles. The summed E-state index contributed by atoms with van der Waals surface area (Å²) in [4.78, 5) is 0. The number of hydrogen-bond acceptors (Lipinski definition) is 3. The van der Waals surface area contributed by atoms with Gasteiger partial charge >= 0.3 is 0 Å². The molecule has 2 rings (SSSR count). The van der Waals surface area contributed by atoms with Gasteiger partial charge in [-0.15, -0.1) is 0 Å². The Bertz CT molecular complexity index is 353. The summed E-state index contributed by atoms with van der Waals surface area (Å²) >= 11 is 1.91. The lowest BCUT2D eigenvalue weighted by molar-refractivity contribution is 0.123. The van der Waals surface area contributed by atoms with E-state index in [-0.39, 0.29) is 24.1 Å². The topological polar surface area (TPSA) is 29.5 Å². The molecule has 0 spiro atoms. The third-order valence-corrected chi connectivity index (χ3v) is 4.34. The molecule has 0 saturated carbocycles. The smallest absolute Gasteiger partial charge is 0.165 e. The van der Waals surface area contributed by atoms with Crippen molar-refractivity contribution in [1.82, 2.24) is 0 Å². The maximum absolute atomic E-state index is 13.3.